The van der Waals surface area contributed by atoms with Crippen LogP contribution in [0.2, 0.25) is 0 Å². The molecule has 0 aromatic heterocycles. The first-order chi connectivity index (χ1) is 28.7. The van der Waals surface area contributed by atoms with Crippen molar-refractivity contribution in [2.75, 3.05) is 47.5 Å². The number of allylic oxidation sites excluding steroid dienone is 6. The number of phosphoric acid groups is 1. The van der Waals surface area contributed by atoms with Gasteiger partial charge in [0.2, 0.25) is 0 Å². The number of carbonyl (C=O) groups is 2. The van der Waals surface area contributed by atoms with Gasteiger partial charge in [0, 0.05) is 25.2 Å². The first kappa shape index (κ1) is 55.8. The van der Waals surface area contributed by atoms with Gasteiger partial charge >= 0.3 is 19.8 Å². The van der Waals surface area contributed by atoms with Crippen LogP contribution in [0.3, 0.4) is 0 Å². The summed E-state index contributed by atoms with van der Waals surface area (Å²) < 4.78 is 39.9. The van der Waals surface area contributed by atoms with E-state index in [9.17, 15) is 34.4 Å². The van der Waals surface area contributed by atoms with Crippen molar-refractivity contribution >= 4 is 19.8 Å². The van der Waals surface area contributed by atoms with E-state index in [0.717, 1.165) is 64.2 Å². The topological polar surface area (TPSA) is 178 Å². The van der Waals surface area contributed by atoms with Crippen molar-refractivity contribution in [3.05, 3.63) is 48.6 Å². The molecule has 1 rings (SSSR count). The molecule has 1 fully saturated rings. The van der Waals surface area contributed by atoms with Crippen LogP contribution >= 0.6 is 7.82 Å². The smallest absolute Gasteiger partial charge is 0.462 e. The first-order valence-corrected chi connectivity index (χ1v) is 24.3. The van der Waals surface area contributed by atoms with Gasteiger partial charge in [-0.15, -0.1) is 0 Å². The van der Waals surface area contributed by atoms with Crippen molar-refractivity contribution in [3.8, 4) is 0 Å². The molecule has 1 heterocycles. The second-order valence-corrected chi connectivity index (χ2v) is 18.4. The van der Waals surface area contributed by atoms with Gasteiger partial charge in [-0.2, -0.15) is 0 Å². The lowest BCUT2D eigenvalue weighted by Gasteiger charge is -2.36. The number of carbonyl (C=O) groups excluding carboxylic acids is 2. The van der Waals surface area contributed by atoms with Gasteiger partial charge in [-0.1, -0.05) is 114 Å². The minimum atomic E-state index is -4.46. The minimum Gasteiger partial charge on any atom is -0.462 e. The number of unbranched alkanes of at least 4 members (excludes halogenated alkanes) is 11. The third-order valence-electron chi connectivity index (χ3n) is 10.1. The molecule has 4 N–H and O–H groups in total. The molecule has 0 radical (unpaired) electrons. The van der Waals surface area contributed by atoms with E-state index in [0.29, 0.717) is 43.1 Å². The van der Waals surface area contributed by atoms with Gasteiger partial charge in [-0.25, -0.2) is 4.57 Å². The molecule has 1 aliphatic rings. The molecule has 13 nitrogen and oxygen atoms in total. The molecule has 0 aromatic carbocycles. The maximum Gasteiger partial charge on any atom is 0.472 e. The zero-order chi connectivity index (χ0) is 44.5. The number of rotatable bonds is 36. The predicted octanol–water partition coefficient (Wildman–Crippen LogP) is 8.79. The number of ether oxygens (including phenoxy) is 3. The Balaban J connectivity index is 2.55. The standard InChI is InChI=1S/C46H82NO12P/c1-6-8-10-11-12-13-14-15-16-17-18-19-20-21-26-30-44(50)55-37-40(38-57-60(53,54)56-35-34-47(3,4)5)58-45(51)31-27-23-22-25-29-41-42(49)36-46(52)59-43(41)33-32-39(48)28-24-9-7-2/h12-13,15-16,22,25,32-33,39-43,46,48-49,52H,6-11,14,17-21,23-24,26-31,34-38H2,1-5H3/p+1/b13-12-,16-15-,25-22-,33-32+/t39-,40+,41-,42-,43+,46?/m0/s1. The van der Waals surface area contributed by atoms with E-state index in [1.54, 1.807) is 12.2 Å². The molecule has 1 saturated heterocycles. The molecule has 0 aromatic rings. The summed E-state index contributed by atoms with van der Waals surface area (Å²) in [6, 6.07) is 0. The molecular formula is C46H83NO12P+. The van der Waals surface area contributed by atoms with Crippen molar-refractivity contribution < 1.29 is 62.1 Å². The second-order valence-electron chi connectivity index (χ2n) is 17.0. The number of aliphatic hydroxyl groups is 3. The van der Waals surface area contributed by atoms with Gasteiger partial charge in [-0.3, -0.25) is 18.6 Å². The van der Waals surface area contributed by atoms with E-state index in [-0.39, 0.29) is 38.4 Å². The van der Waals surface area contributed by atoms with Crippen LogP contribution in [-0.2, 0) is 37.4 Å². The van der Waals surface area contributed by atoms with Crippen molar-refractivity contribution in [2.24, 2.45) is 5.92 Å². The van der Waals surface area contributed by atoms with Gasteiger partial charge in [0.05, 0.1) is 46.1 Å². The van der Waals surface area contributed by atoms with Crippen molar-refractivity contribution in [1.29, 1.82) is 0 Å². The molecule has 60 heavy (non-hydrogen) atoms. The molecule has 0 amide bonds. The van der Waals surface area contributed by atoms with Gasteiger partial charge in [0.15, 0.2) is 12.4 Å². The first-order valence-electron chi connectivity index (χ1n) is 22.8. The number of likely N-dealkylation sites (N-methyl/N-ethyl adjacent to an activating group) is 1. The fourth-order valence-electron chi connectivity index (χ4n) is 6.43. The van der Waals surface area contributed by atoms with Crippen LogP contribution in [0.25, 0.3) is 0 Å². The second kappa shape index (κ2) is 34.3. The van der Waals surface area contributed by atoms with E-state index < -0.39 is 57.1 Å². The van der Waals surface area contributed by atoms with Crippen LogP contribution in [-0.4, -0.2) is 115 Å². The molecule has 0 bridgehead atoms. The lowest BCUT2D eigenvalue weighted by atomic mass is 9.87. The van der Waals surface area contributed by atoms with Gasteiger partial charge in [0.25, 0.3) is 0 Å². The molecule has 2 unspecified atom stereocenters. The Hall–Kier alpha value is -2.19. The Labute approximate surface area is 362 Å². The normalized spacial score (nSPS) is 20.9. The summed E-state index contributed by atoms with van der Waals surface area (Å²) in [6.45, 7) is 3.94. The van der Waals surface area contributed by atoms with Gasteiger partial charge in [0.1, 0.15) is 19.8 Å². The highest BCUT2D eigenvalue weighted by Gasteiger charge is 2.35. The lowest BCUT2D eigenvalue weighted by molar-refractivity contribution is -0.870. The fourth-order valence-corrected chi connectivity index (χ4v) is 7.18. The van der Waals surface area contributed by atoms with Crippen LogP contribution in [0.15, 0.2) is 48.6 Å². The molecule has 0 aliphatic carbocycles. The summed E-state index contributed by atoms with van der Waals surface area (Å²) in [5.74, 6) is -1.33. The Bertz CT molecular complexity index is 1280. The summed E-state index contributed by atoms with van der Waals surface area (Å²) in [5, 5.41) is 31.0. The van der Waals surface area contributed by atoms with Crippen LogP contribution in [0.5, 0.6) is 0 Å². The maximum atomic E-state index is 12.8. The number of hydrogen-bond acceptors (Lipinski definition) is 11. The number of phosphoric ester groups is 1. The zero-order valence-electron chi connectivity index (χ0n) is 37.7. The summed E-state index contributed by atoms with van der Waals surface area (Å²) in [4.78, 5) is 35.6. The number of quaternary nitrogens is 1. The largest absolute Gasteiger partial charge is 0.472 e. The summed E-state index contributed by atoms with van der Waals surface area (Å²) >= 11 is 0. The number of aliphatic hydroxyl groups excluding tert-OH is 3. The highest BCUT2D eigenvalue weighted by molar-refractivity contribution is 7.47. The van der Waals surface area contributed by atoms with Crippen LogP contribution in [0.4, 0.5) is 0 Å². The predicted molar refractivity (Wildman–Crippen MR) is 237 cm³/mol. The van der Waals surface area contributed by atoms with Crippen molar-refractivity contribution in [2.45, 2.75) is 179 Å². The van der Waals surface area contributed by atoms with Crippen molar-refractivity contribution in [3.63, 3.8) is 0 Å². The zero-order valence-corrected chi connectivity index (χ0v) is 38.6. The highest BCUT2D eigenvalue weighted by atomic mass is 31.2. The fraction of sp³-hybridized carbons (Fsp3) is 0.783. The molecule has 1 aliphatic heterocycles. The third kappa shape index (κ3) is 31.6. The molecule has 14 heteroatoms. The van der Waals surface area contributed by atoms with Crippen molar-refractivity contribution in [1.82, 2.24) is 0 Å². The summed E-state index contributed by atoms with van der Waals surface area (Å²) in [5.41, 5.74) is 0. The number of hydrogen-bond donors (Lipinski definition) is 4. The molecular weight excluding hydrogens is 789 g/mol. The average Bonchev–Trinajstić information content (AvgIpc) is 3.18. The van der Waals surface area contributed by atoms with Crippen LogP contribution in [0.1, 0.15) is 149 Å². The SMILES string of the molecule is CCCCC/C=C\C/C=C\CCCCCCCC(=O)OC[C@H](COP(=O)(O)OCC[N+](C)(C)C)OC(=O)CCC/C=C\C[C@H]1[C@@H](O)CC(O)O[C@@H]1/C=C/[C@@H](O)CCCCC. The van der Waals surface area contributed by atoms with Gasteiger partial charge < -0.3 is 38.9 Å². The summed E-state index contributed by atoms with van der Waals surface area (Å²) in [6.07, 6.45) is 29.2. The Morgan fingerprint density at radius 3 is 2.10 bits per heavy atom. The van der Waals surface area contributed by atoms with E-state index in [4.69, 9.17) is 23.3 Å². The minimum absolute atomic E-state index is 0.0217. The molecule has 348 valence electrons. The summed E-state index contributed by atoms with van der Waals surface area (Å²) in [7, 11) is 1.29. The average molecular weight is 873 g/mol. The monoisotopic (exact) mass is 873 g/mol. The van der Waals surface area contributed by atoms with E-state index in [1.807, 2.05) is 33.3 Å². The van der Waals surface area contributed by atoms with Crippen LogP contribution < -0.4 is 0 Å². The Morgan fingerprint density at radius 1 is 0.783 bits per heavy atom. The molecule has 0 spiro atoms. The Kier molecular flexibility index (Phi) is 31.9. The maximum absolute atomic E-state index is 12.8. The lowest BCUT2D eigenvalue weighted by Crippen LogP contribution is -2.43. The highest BCUT2D eigenvalue weighted by Crippen LogP contribution is 2.43. The van der Waals surface area contributed by atoms with E-state index in [2.05, 4.69) is 38.2 Å². The third-order valence-corrected chi connectivity index (χ3v) is 11.1. The quantitative estimate of drug-likeness (QED) is 0.0155. The van der Waals surface area contributed by atoms with E-state index >= 15 is 0 Å². The Morgan fingerprint density at radius 2 is 1.40 bits per heavy atom. The number of esters is 2. The van der Waals surface area contributed by atoms with E-state index in [1.165, 1.54) is 19.3 Å². The molecule has 7 atom stereocenters. The number of nitrogens with zero attached hydrogens (tertiary/aromatic N) is 1. The van der Waals surface area contributed by atoms with Crippen LogP contribution in [0, 0.1) is 5.92 Å². The van der Waals surface area contributed by atoms with Gasteiger partial charge in [-0.05, 0) is 64.2 Å². The molecule has 0 saturated carbocycles.